The average molecular weight is 303 g/mol. The Balaban J connectivity index is 2.09. The van der Waals surface area contributed by atoms with Crippen molar-refractivity contribution in [2.24, 2.45) is 5.73 Å². The Kier molecular flexibility index (Phi) is 4.98. The fraction of sp³-hybridized carbons (Fsp3) is 0.250. The van der Waals surface area contributed by atoms with Crippen molar-refractivity contribution >= 4 is 17.2 Å². The van der Waals surface area contributed by atoms with Gasteiger partial charge < -0.3 is 5.73 Å². The van der Waals surface area contributed by atoms with Gasteiger partial charge in [-0.15, -0.1) is 0 Å². The smallest absolute Gasteiger partial charge is 0.124 e. The van der Waals surface area contributed by atoms with Crippen LogP contribution in [0.5, 0.6) is 0 Å². The molecule has 1 aromatic heterocycles. The van der Waals surface area contributed by atoms with Crippen LogP contribution in [0.2, 0.25) is 0 Å². The SMILES string of the molecule is Cc1cccc(CN(C)Cc2cc(F)cc(C(N)=S)c2)n1. The topological polar surface area (TPSA) is 42.1 Å². The molecule has 0 spiro atoms. The summed E-state index contributed by atoms with van der Waals surface area (Å²) in [6.45, 7) is 3.26. The van der Waals surface area contributed by atoms with E-state index in [9.17, 15) is 4.39 Å². The molecule has 0 aliphatic rings. The predicted octanol–water partition coefficient (Wildman–Crippen LogP) is 2.80. The first-order chi connectivity index (χ1) is 9.94. The van der Waals surface area contributed by atoms with E-state index >= 15 is 0 Å². The molecule has 0 saturated carbocycles. The van der Waals surface area contributed by atoms with Crippen LogP contribution >= 0.6 is 12.2 Å². The van der Waals surface area contributed by atoms with E-state index in [0.717, 1.165) is 17.0 Å². The molecule has 0 radical (unpaired) electrons. The summed E-state index contributed by atoms with van der Waals surface area (Å²) in [5, 5.41) is 0. The highest BCUT2D eigenvalue weighted by molar-refractivity contribution is 7.80. The van der Waals surface area contributed by atoms with Gasteiger partial charge in [-0.1, -0.05) is 18.3 Å². The molecule has 0 fully saturated rings. The number of aryl methyl sites for hydroxylation is 1. The Morgan fingerprint density at radius 2 is 2.05 bits per heavy atom. The number of halogens is 1. The maximum absolute atomic E-state index is 13.6. The van der Waals surface area contributed by atoms with Crippen molar-refractivity contribution in [1.82, 2.24) is 9.88 Å². The Hall–Kier alpha value is -1.85. The summed E-state index contributed by atoms with van der Waals surface area (Å²) in [4.78, 5) is 6.74. The molecule has 5 heteroatoms. The van der Waals surface area contributed by atoms with Gasteiger partial charge in [0.05, 0.1) is 5.69 Å². The van der Waals surface area contributed by atoms with Gasteiger partial charge in [0.2, 0.25) is 0 Å². The van der Waals surface area contributed by atoms with E-state index in [1.165, 1.54) is 12.1 Å². The van der Waals surface area contributed by atoms with Crippen LogP contribution in [0, 0.1) is 12.7 Å². The van der Waals surface area contributed by atoms with Crippen molar-refractivity contribution in [1.29, 1.82) is 0 Å². The molecule has 0 bridgehead atoms. The van der Waals surface area contributed by atoms with Crippen molar-refractivity contribution in [3.63, 3.8) is 0 Å². The first-order valence-electron chi connectivity index (χ1n) is 6.64. The lowest BCUT2D eigenvalue weighted by molar-refractivity contribution is 0.314. The van der Waals surface area contributed by atoms with E-state index in [0.29, 0.717) is 18.7 Å². The Morgan fingerprint density at radius 3 is 2.71 bits per heavy atom. The first-order valence-corrected chi connectivity index (χ1v) is 7.05. The molecule has 1 heterocycles. The molecule has 0 aliphatic heterocycles. The monoisotopic (exact) mass is 303 g/mol. The summed E-state index contributed by atoms with van der Waals surface area (Å²) in [6.07, 6.45) is 0. The normalized spacial score (nSPS) is 10.9. The summed E-state index contributed by atoms with van der Waals surface area (Å²) < 4.78 is 13.6. The second-order valence-electron chi connectivity index (χ2n) is 5.16. The molecule has 3 nitrogen and oxygen atoms in total. The van der Waals surface area contributed by atoms with E-state index in [1.807, 2.05) is 38.2 Å². The fourth-order valence-electron chi connectivity index (χ4n) is 2.22. The molecule has 2 aromatic rings. The van der Waals surface area contributed by atoms with Crippen molar-refractivity contribution < 1.29 is 4.39 Å². The van der Waals surface area contributed by atoms with E-state index in [4.69, 9.17) is 18.0 Å². The second-order valence-corrected chi connectivity index (χ2v) is 5.59. The number of hydrogen-bond donors (Lipinski definition) is 1. The highest BCUT2D eigenvalue weighted by atomic mass is 32.1. The van der Waals surface area contributed by atoms with E-state index in [2.05, 4.69) is 9.88 Å². The highest BCUT2D eigenvalue weighted by Crippen LogP contribution is 2.12. The van der Waals surface area contributed by atoms with Crippen molar-refractivity contribution in [2.75, 3.05) is 7.05 Å². The molecule has 21 heavy (non-hydrogen) atoms. The molecular weight excluding hydrogens is 285 g/mol. The molecule has 0 saturated heterocycles. The fourth-order valence-corrected chi connectivity index (χ4v) is 2.33. The summed E-state index contributed by atoms with van der Waals surface area (Å²) in [5.41, 5.74) is 8.94. The lowest BCUT2D eigenvalue weighted by Gasteiger charge is -2.17. The molecule has 2 rings (SSSR count). The van der Waals surface area contributed by atoms with E-state index < -0.39 is 0 Å². The zero-order chi connectivity index (χ0) is 15.4. The minimum atomic E-state index is -0.322. The number of nitrogens with zero attached hydrogens (tertiary/aromatic N) is 2. The average Bonchev–Trinajstić information content (AvgIpc) is 2.37. The molecular formula is C16H18FN3S. The van der Waals surface area contributed by atoms with Gasteiger partial charge in [0.15, 0.2) is 0 Å². The van der Waals surface area contributed by atoms with E-state index in [1.54, 1.807) is 0 Å². The van der Waals surface area contributed by atoms with E-state index in [-0.39, 0.29) is 10.8 Å². The Labute approximate surface area is 129 Å². The van der Waals surface area contributed by atoms with Gasteiger partial charge in [0, 0.05) is 24.3 Å². The summed E-state index contributed by atoms with van der Waals surface area (Å²) in [5.74, 6) is -0.322. The lowest BCUT2D eigenvalue weighted by atomic mass is 10.1. The number of pyridine rings is 1. The Morgan fingerprint density at radius 1 is 1.29 bits per heavy atom. The summed E-state index contributed by atoms with van der Waals surface area (Å²) in [7, 11) is 1.97. The number of rotatable bonds is 5. The largest absolute Gasteiger partial charge is 0.389 e. The van der Waals surface area contributed by atoms with Crippen molar-refractivity contribution in [2.45, 2.75) is 20.0 Å². The van der Waals surface area contributed by atoms with Gasteiger partial charge in [-0.25, -0.2) is 4.39 Å². The van der Waals surface area contributed by atoms with Crippen LogP contribution in [0.3, 0.4) is 0 Å². The predicted molar refractivity (Wildman–Crippen MR) is 86.4 cm³/mol. The van der Waals surface area contributed by atoms with Gasteiger partial charge in [-0.2, -0.15) is 0 Å². The zero-order valence-corrected chi connectivity index (χ0v) is 13.0. The van der Waals surface area contributed by atoms with Crippen LogP contribution in [0.25, 0.3) is 0 Å². The van der Waals surface area contributed by atoms with Crippen molar-refractivity contribution in [3.8, 4) is 0 Å². The number of hydrogen-bond acceptors (Lipinski definition) is 3. The second kappa shape index (κ2) is 6.74. The standard InChI is InChI=1S/C16H18FN3S/c1-11-4-3-5-15(19-11)10-20(2)9-12-6-13(16(18)21)8-14(17)7-12/h3-8H,9-10H2,1-2H3,(H2,18,21). The first kappa shape index (κ1) is 15.5. The molecule has 2 N–H and O–H groups in total. The summed E-state index contributed by atoms with van der Waals surface area (Å²) >= 11 is 4.90. The van der Waals surface area contributed by atoms with Gasteiger partial charge >= 0.3 is 0 Å². The van der Waals surface area contributed by atoms with Gasteiger partial charge in [0.25, 0.3) is 0 Å². The third-order valence-corrected chi connectivity index (χ3v) is 3.31. The number of benzene rings is 1. The minimum Gasteiger partial charge on any atom is -0.389 e. The third kappa shape index (κ3) is 4.58. The van der Waals surface area contributed by atoms with Crippen LogP contribution in [0.1, 0.15) is 22.5 Å². The zero-order valence-electron chi connectivity index (χ0n) is 12.1. The lowest BCUT2D eigenvalue weighted by Crippen LogP contribution is -2.19. The molecule has 0 unspecified atom stereocenters. The maximum Gasteiger partial charge on any atom is 0.124 e. The van der Waals surface area contributed by atoms with Crippen LogP contribution < -0.4 is 5.73 Å². The van der Waals surface area contributed by atoms with Gasteiger partial charge in [0.1, 0.15) is 10.8 Å². The van der Waals surface area contributed by atoms with Crippen molar-refractivity contribution in [3.05, 3.63) is 64.7 Å². The molecule has 0 aliphatic carbocycles. The highest BCUT2D eigenvalue weighted by Gasteiger charge is 2.07. The van der Waals surface area contributed by atoms with Crippen LogP contribution in [0.15, 0.2) is 36.4 Å². The van der Waals surface area contributed by atoms with Crippen LogP contribution in [-0.2, 0) is 13.1 Å². The maximum atomic E-state index is 13.6. The van der Waals surface area contributed by atoms with Crippen LogP contribution in [0.4, 0.5) is 4.39 Å². The van der Waals surface area contributed by atoms with Gasteiger partial charge in [-0.3, -0.25) is 9.88 Å². The molecule has 0 amide bonds. The van der Waals surface area contributed by atoms with Gasteiger partial charge in [-0.05, 0) is 49.9 Å². The quantitative estimate of drug-likeness (QED) is 0.863. The number of thiocarbonyl (C=S) groups is 1. The number of aromatic nitrogens is 1. The van der Waals surface area contributed by atoms with Crippen LogP contribution in [-0.4, -0.2) is 21.9 Å². The summed E-state index contributed by atoms with van der Waals surface area (Å²) in [6, 6.07) is 10.6. The number of nitrogens with two attached hydrogens (primary N) is 1. The molecule has 110 valence electrons. The molecule has 1 aromatic carbocycles. The molecule has 0 atom stereocenters. The third-order valence-electron chi connectivity index (χ3n) is 3.07. The minimum absolute atomic E-state index is 0.207. The Bertz CT molecular complexity index is 658.